The number of hydrogen-bond acceptors (Lipinski definition) is 17. The van der Waals surface area contributed by atoms with E-state index in [1.54, 1.807) is 47.0 Å². The Morgan fingerprint density at radius 3 is 2.47 bits per heavy atom. The highest BCUT2D eigenvalue weighted by atomic mass is 32.7. The molecule has 0 bridgehead atoms. The molecule has 298 valence electrons. The standard InChI is InChI=1S/C36H37FN9O9PS/c1-19-2-6-21(7-3-19)36(49)52-22-8-4-20(5-9-22)15-57-56(50,51-14-26-24(48)12-27(53-26)45-17-43-29-23(38)10-11-40-33(29)45)55-31-25(13-47)54-35(28(31)37)46-18-44-30-32(39)41-16-42-34(30)46/h2-11,16-18,24-28,31,35,47-48H,12-15H2,1H3,(H2,38,40)(H2,39,41,42)/t24?,25-,26-,27-,28+,31?,35-,56?/m1/s1. The molecule has 6 aromatic rings. The van der Waals surface area contributed by atoms with Crippen LogP contribution in [0.2, 0.25) is 0 Å². The second-order valence-corrected chi connectivity index (χ2v) is 17.4. The molecule has 8 atom stereocenters. The van der Waals surface area contributed by atoms with Gasteiger partial charge in [-0.05, 0) is 54.2 Å². The van der Waals surface area contributed by atoms with Crippen molar-refractivity contribution < 1.29 is 47.2 Å². The number of halogens is 1. The Hall–Kier alpha value is -5.05. The largest absolute Gasteiger partial charge is 0.423 e. The number of esters is 1. The summed E-state index contributed by atoms with van der Waals surface area (Å²) in [6, 6.07) is 15.1. The van der Waals surface area contributed by atoms with Gasteiger partial charge < -0.3 is 35.9 Å². The molecule has 2 fully saturated rings. The van der Waals surface area contributed by atoms with Crippen molar-refractivity contribution in [1.29, 1.82) is 0 Å². The first-order valence-electron chi connectivity index (χ1n) is 17.7. The maximum Gasteiger partial charge on any atom is 0.389 e. The molecule has 4 aromatic heterocycles. The number of pyridine rings is 1. The number of alkyl halides is 1. The van der Waals surface area contributed by atoms with Crippen LogP contribution >= 0.6 is 18.2 Å². The molecule has 8 rings (SSSR count). The van der Waals surface area contributed by atoms with E-state index in [0.717, 1.165) is 16.9 Å². The van der Waals surface area contributed by atoms with Crippen LogP contribution in [0.1, 0.15) is 40.4 Å². The number of benzene rings is 2. The lowest BCUT2D eigenvalue weighted by Crippen LogP contribution is -2.33. The van der Waals surface area contributed by atoms with Crippen molar-refractivity contribution in [3.8, 4) is 5.75 Å². The summed E-state index contributed by atoms with van der Waals surface area (Å²) in [7, 11) is 0. The number of hydrogen-bond donors (Lipinski definition) is 4. The van der Waals surface area contributed by atoms with Gasteiger partial charge in [-0.1, -0.05) is 29.8 Å². The van der Waals surface area contributed by atoms with E-state index >= 15 is 4.39 Å². The fourth-order valence-corrected chi connectivity index (χ4v) is 9.91. The normalized spacial score (nSPS) is 24.6. The number of nitrogen functional groups attached to an aromatic ring is 2. The molecule has 2 aliphatic rings. The molecule has 0 amide bonds. The number of carbonyl (C=O) groups excluding carboxylic acids is 1. The van der Waals surface area contributed by atoms with Crippen LogP contribution in [0.3, 0.4) is 0 Å². The first-order chi connectivity index (χ1) is 27.5. The summed E-state index contributed by atoms with van der Waals surface area (Å²) < 4.78 is 63.5. The number of carbonyl (C=O) groups is 1. The summed E-state index contributed by atoms with van der Waals surface area (Å²) in [5, 5.41) is 21.3. The van der Waals surface area contributed by atoms with Crippen LogP contribution in [-0.2, 0) is 28.8 Å². The van der Waals surface area contributed by atoms with Gasteiger partial charge >= 0.3 is 12.8 Å². The van der Waals surface area contributed by atoms with Crippen molar-refractivity contribution in [3.63, 3.8) is 0 Å². The third-order valence-corrected chi connectivity index (χ3v) is 13.2. The number of aromatic nitrogens is 7. The predicted octanol–water partition coefficient (Wildman–Crippen LogP) is 4.28. The van der Waals surface area contributed by atoms with Gasteiger partial charge in [0.25, 0.3) is 0 Å². The van der Waals surface area contributed by atoms with Gasteiger partial charge in [0.05, 0.1) is 43.2 Å². The summed E-state index contributed by atoms with van der Waals surface area (Å²) in [6.07, 6.45) is -3.39. The molecule has 18 nitrogen and oxygen atoms in total. The number of fused-ring (bicyclic) bond motifs is 2. The molecule has 57 heavy (non-hydrogen) atoms. The highest BCUT2D eigenvalue weighted by Crippen LogP contribution is 2.64. The van der Waals surface area contributed by atoms with Crippen LogP contribution in [-0.4, -0.2) is 94.0 Å². The molecule has 0 spiro atoms. The minimum atomic E-state index is -4.37. The Balaban J connectivity index is 0.999. The Kier molecular flexibility index (Phi) is 10.9. The second kappa shape index (κ2) is 16.1. The lowest BCUT2D eigenvalue weighted by molar-refractivity contribution is -0.0492. The number of aliphatic hydroxyl groups is 2. The van der Waals surface area contributed by atoms with Crippen LogP contribution in [0, 0.1) is 6.92 Å². The molecule has 3 unspecified atom stereocenters. The number of nitrogens with zero attached hydrogens (tertiary/aromatic N) is 7. The first-order valence-corrected chi connectivity index (χ1v) is 20.8. The lowest BCUT2D eigenvalue weighted by atomic mass is 10.1. The van der Waals surface area contributed by atoms with Crippen molar-refractivity contribution in [2.24, 2.45) is 0 Å². The van der Waals surface area contributed by atoms with Crippen LogP contribution < -0.4 is 16.2 Å². The summed E-state index contributed by atoms with van der Waals surface area (Å²) in [5.74, 6) is -0.131. The van der Waals surface area contributed by atoms with E-state index in [1.807, 2.05) is 19.1 Å². The maximum atomic E-state index is 16.4. The fourth-order valence-electron chi connectivity index (χ4n) is 6.52. The Bertz CT molecular complexity index is 2440. The van der Waals surface area contributed by atoms with Crippen LogP contribution in [0.4, 0.5) is 15.9 Å². The van der Waals surface area contributed by atoms with Crippen molar-refractivity contribution in [3.05, 3.63) is 96.5 Å². The minimum absolute atomic E-state index is 0.0361. The van der Waals surface area contributed by atoms with Crippen LogP contribution in [0.5, 0.6) is 5.75 Å². The zero-order valence-corrected chi connectivity index (χ0v) is 31.9. The molecule has 2 aromatic carbocycles. The number of nitrogens with two attached hydrogens (primary N) is 2. The van der Waals surface area contributed by atoms with Gasteiger partial charge in [-0.3, -0.25) is 18.2 Å². The maximum absolute atomic E-state index is 16.4. The molecular formula is C36H37FN9O9PS. The van der Waals surface area contributed by atoms with Gasteiger partial charge in [-0.15, -0.1) is 0 Å². The Morgan fingerprint density at radius 1 is 0.965 bits per heavy atom. The first kappa shape index (κ1) is 38.8. The van der Waals surface area contributed by atoms with E-state index < -0.39 is 69.0 Å². The molecule has 0 saturated carbocycles. The summed E-state index contributed by atoms with van der Waals surface area (Å²) in [6.45, 7) is -3.57. The van der Waals surface area contributed by atoms with Crippen molar-refractivity contribution in [2.75, 3.05) is 24.7 Å². The quantitative estimate of drug-likeness (QED) is 0.0721. The molecule has 6 heterocycles. The third kappa shape index (κ3) is 7.95. The molecule has 6 N–H and O–H groups in total. The van der Waals surface area contributed by atoms with E-state index in [9.17, 15) is 19.6 Å². The van der Waals surface area contributed by atoms with E-state index in [1.165, 1.54) is 29.7 Å². The smallest absolute Gasteiger partial charge is 0.389 e. The Labute approximate surface area is 327 Å². The van der Waals surface area contributed by atoms with E-state index in [-0.39, 0.29) is 34.9 Å². The third-order valence-electron chi connectivity index (χ3n) is 9.57. The average molecular weight is 822 g/mol. The number of imidazole rings is 2. The SMILES string of the molecule is Cc1ccc(C(=O)Oc2ccc(CSP(=O)(OC[C@H]3O[C@@H](n4cnc5c(N)ccnc54)CC3O)OC3[C@@H](CO)O[C@@H](n4cnc5c(N)ncnc54)[C@H]3F)cc2)cc1. The van der Waals surface area contributed by atoms with Gasteiger partial charge in [0.15, 0.2) is 29.5 Å². The average Bonchev–Trinajstić information content (AvgIpc) is 3.99. The zero-order chi connectivity index (χ0) is 39.8. The van der Waals surface area contributed by atoms with Crippen molar-refractivity contribution >= 4 is 58.0 Å². The van der Waals surface area contributed by atoms with Gasteiger partial charge in [0, 0.05) is 18.4 Å². The minimum Gasteiger partial charge on any atom is -0.423 e. The zero-order valence-electron chi connectivity index (χ0n) is 30.1. The number of ether oxygens (including phenoxy) is 3. The molecule has 2 aliphatic heterocycles. The number of rotatable bonds is 13. The Morgan fingerprint density at radius 2 is 1.70 bits per heavy atom. The monoisotopic (exact) mass is 821 g/mol. The van der Waals surface area contributed by atoms with Crippen LogP contribution in [0.25, 0.3) is 22.3 Å². The molecule has 21 heteroatoms. The molecule has 2 saturated heterocycles. The molecular weight excluding hydrogens is 784 g/mol. The highest BCUT2D eigenvalue weighted by Gasteiger charge is 2.51. The highest BCUT2D eigenvalue weighted by molar-refractivity contribution is 8.54. The topological polar surface area (TPSA) is 247 Å². The van der Waals surface area contributed by atoms with Gasteiger partial charge in [0.2, 0.25) is 0 Å². The number of aliphatic hydroxyl groups excluding tert-OH is 2. The van der Waals surface area contributed by atoms with Crippen molar-refractivity contribution in [2.45, 2.75) is 62.1 Å². The number of anilines is 2. The number of aryl methyl sites for hydroxylation is 1. The predicted molar refractivity (Wildman–Crippen MR) is 204 cm³/mol. The van der Waals surface area contributed by atoms with Gasteiger partial charge in [-0.2, -0.15) is 0 Å². The summed E-state index contributed by atoms with van der Waals surface area (Å²) >= 11 is 0.753. The molecule has 0 radical (unpaired) electrons. The van der Waals surface area contributed by atoms with E-state index in [4.69, 9.17) is 34.7 Å². The van der Waals surface area contributed by atoms with Gasteiger partial charge in [0.1, 0.15) is 47.7 Å². The van der Waals surface area contributed by atoms with E-state index in [2.05, 4.69) is 24.9 Å². The fraction of sp³-hybridized carbons (Fsp3) is 0.333. The summed E-state index contributed by atoms with van der Waals surface area (Å²) in [5.41, 5.74) is 15.7. The van der Waals surface area contributed by atoms with Crippen LogP contribution in [0.15, 0.2) is 79.8 Å². The molecule has 0 aliphatic carbocycles. The van der Waals surface area contributed by atoms with Gasteiger partial charge in [-0.25, -0.2) is 38.7 Å². The lowest BCUT2D eigenvalue weighted by Gasteiger charge is -2.26. The van der Waals surface area contributed by atoms with E-state index in [0.29, 0.717) is 28.0 Å². The summed E-state index contributed by atoms with van der Waals surface area (Å²) in [4.78, 5) is 33.5. The second-order valence-electron chi connectivity index (χ2n) is 13.4. The van der Waals surface area contributed by atoms with Crippen molar-refractivity contribution in [1.82, 2.24) is 34.1 Å².